The van der Waals surface area contributed by atoms with Gasteiger partial charge < -0.3 is 21.1 Å². The molecule has 2 amide bonds. The van der Waals surface area contributed by atoms with Crippen LogP contribution in [0.3, 0.4) is 0 Å². The van der Waals surface area contributed by atoms with Gasteiger partial charge in [0.25, 0.3) is 5.91 Å². The molecule has 5 N–H and O–H groups in total. The van der Waals surface area contributed by atoms with Crippen LogP contribution in [0.4, 0.5) is 8.78 Å². The third-order valence-corrected chi connectivity index (χ3v) is 5.54. The lowest BCUT2D eigenvalue weighted by molar-refractivity contribution is -0.125. The summed E-state index contributed by atoms with van der Waals surface area (Å²) in [5.74, 6) is -3.06. The summed E-state index contributed by atoms with van der Waals surface area (Å²) in [6.45, 7) is 0. The summed E-state index contributed by atoms with van der Waals surface area (Å²) < 4.78 is 31.4. The van der Waals surface area contributed by atoms with E-state index in [4.69, 9.17) is 10.5 Å². The third-order valence-electron chi connectivity index (χ3n) is 4.52. The highest BCUT2D eigenvalue weighted by Gasteiger charge is 2.35. The van der Waals surface area contributed by atoms with E-state index in [9.17, 15) is 23.2 Å². The molecule has 2 aromatic carbocycles. The summed E-state index contributed by atoms with van der Waals surface area (Å²) in [5.41, 5.74) is 5.65. The van der Waals surface area contributed by atoms with Crippen LogP contribution in [0.25, 0.3) is 0 Å². The molecule has 1 aliphatic heterocycles. The number of halogens is 2. The van der Waals surface area contributed by atoms with Crippen LogP contribution in [0, 0.1) is 11.6 Å². The van der Waals surface area contributed by atoms with Crippen molar-refractivity contribution in [3.05, 3.63) is 65.2 Å². The third kappa shape index (κ3) is 5.57. The van der Waals surface area contributed by atoms with Gasteiger partial charge in [-0.25, -0.2) is 8.78 Å². The van der Waals surface area contributed by atoms with E-state index >= 15 is 0 Å². The Morgan fingerprint density at radius 3 is 2.42 bits per heavy atom. The molecule has 0 spiro atoms. The first-order valence-electron chi connectivity index (χ1n) is 9.15. The lowest BCUT2D eigenvalue weighted by Gasteiger charge is -2.35. The molecule has 0 aliphatic carbocycles. The molecule has 1 heterocycles. The molecule has 31 heavy (non-hydrogen) atoms. The zero-order chi connectivity index (χ0) is 22.5. The van der Waals surface area contributed by atoms with Crippen LogP contribution in [0.2, 0.25) is 0 Å². The molecule has 1 saturated heterocycles. The minimum absolute atomic E-state index is 0.0723. The molecule has 164 valence electrons. The van der Waals surface area contributed by atoms with E-state index in [1.165, 1.54) is 7.11 Å². The van der Waals surface area contributed by atoms with Crippen LogP contribution in [-0.4, -0.2) is 48.2 Å². The van der Waals surface area contributed by atoms with Crippen LogP contribution in [0.15, 0.2) is 42.5 Å². The van der Waals surface area contributed by atoms with Gasteiger partial charge in [0.15, 0.2) is 17.4 Å². The average molecular weight is 450 g/mol. The minimum Gasteiger partial charge on any atom is -0.497 e. The maximum Gasteiger partial charge on any atom is 0.252 e. The first kappa shape index (κ1) is 22.7. The van der Waals surface area contributed by atoms with Crippen LogP contribution in [0.1, 0.15) is 20.7 Å². The molecule has 3 unspecified atom stereocenters. The highest BCUT2D eigenvalue weighted by atomic mass is 32.2. The molecule has 1 aliphatic rings. The lowest BCUT2D eigenvalue weighted by atomic mass is 10.1. The van der Waals surface area contributed by atoms with Crippen molar-refractivity contribution in [3.8, 4) is 5.75 Å². The molecule has 8 nitrogen and oxygen atoms in total. The molecule has 0 aromatic heterocycles. The van der Waals surface area contributed by atoms with Crippen LogP contribution < -0.4 is 26.4 Å². The summed E-state index contributed by atoms with van der Waals surface area (Å²) in [5, 5.41) is 7.89. The predicted octanol–water partition coefficient (Wildman–Crippen LogP) is 0.976. The number of nitrogens with two attached hydrogens (primary N) is 1. The fourth-order valence-corrected chi connectivity index (χ4v) is 3.76. The summed E-state index contributed by atoms with van der Waals surface area (Å²) in [6.07, 6.45) is -0.961. The molecular weight excluding hydrogens is 430 g/mol. The minimum atomic E-state index is -1.18. The number of nitrogens with one attached hydrogen (secondary N) is 3. The van der Waals surface area contributed by atoms with Gasteiger partial charge in [0.05, 0.1) is 19.0 Å². The molecule has 0 radical (unpaired) electrons. The zero-order valence-corrected chi connectivity index (χ0v) is 17.2. The Morgan fingerprint density at radius 1 is 1.13 bits per heavy atom. The quantitative estimate of drug-likeness (QED) is 0.464. The fraction of sp³-hybridized carbons (Fsp3) is 0.250. The van der Waals surface area contributed by atoms with Gasteiger partial charge in [0.2, 0.25) is 5.91 Å². The van der Waals surface area contributed by atoms with E-state index in [0.717, 1.165) is 30.0 Å². The largest absolute Gasteiger partial charge is 0.497 e. The predicted molar refractivity (Wildman–Crippen MR) is 110 cm³/mol. The van der Waals surface area contributed by atoms with Gasteiger partial charge in [-0.2, -0.15) is 0 Å². The number of carbonyl (C=O) groups is 3. The second-order valence-electron chi connectivity index (χ2n) is 6.62. The van der Waals surface area contributed by atoms with Gasteiger partial charge >= 0.3 is 0 Å². The number of benzene rings is 2. The van der Waals surface area contributed by atoms with Crippen LogP contribution >= 0.6 is 11.8 Å². The highest BCUT2D eigenvalue weighted by molar-refractivity contribution is 8.00. The maximum absolute atomic E-state index is 13.3. The normalized spacial score (nSPS) is 20.6. The molecule has 11 heteroatoms. The molecule has 2 aromatic rings. The van der Waals surface area contributed by atoms with E-state index in [1.807, 2.05) is 0 Å². The number of methoxy groups -OCH3 is 1. The molecule has 3 rings (SSSR count). The SMILES string of the molecule is COc1ccc(C(=O)CSC2NC(=O)C(NC(=O)c3ccc(F)c(F)c3)C(N)N2)cc1. The zero-order valence-electron chi connectivity index (χ0n) is 16.4. The summed E-state index contributed by atoms with van der Waals surface area (Å²) in [4.78, 5) is 37.0. The monoisotopic (exact) mass is 450 g/mol. The summed E-state index contributed by atoms with van der Waals surface area (Å²) in [6, 6.07) is 8.13. The second-order valence-corrected chi connectivity index (χ2v) is 7.72. The number of hydrogen-bond donors (Lipinski definition) is 4. The Morgan fingerprint density at radius 2 is 1.81 bits per heavy atom. The van der Waals surface area contributed by atoms with Crippen molar-refractivity contribution in [2.24, 2.45) is 5.73 Å². The number of ketones is 1. The fourth-order valence-electron chi connectivity index (χ4n) is 2.82. The number of rotatable bonds is 7. The molecule has 1 fully saturated rings. The van der Waals surface area contributed by atoms with Crippen molar-refractivity contribution < 1.29 is 27.9 Å². The number of Topliss-reactive ketones (excluding diaryl/α,β-unsaturated/α-hetero) is 1. The average Bonchev–Trinajstić information content (AvgIpc) is 2.76. The van der Waals surface area contributed by atoms with Crippen molar-refractivity contribution in [1.29, 1.82) is 0 Å². The number of amides is 2. The topological polar surface area (TPSA) is 123 Å². The van der Waals surface area contributed by atoms with E-state index in [0.29, 0.717) is 11.3 Å². The summed E-state index contributed by atoms with van der Waals surface area (Å²) >= 11 is 1.13. The van der Waals surface area contributed by atoms with Crippen LogP contribution in [-0.2, 0) is 4.79 Å². The van der Waals surface area contributed by atoms with E-state index < -0.39 is 41.2 Å². The lowest BCUT2D eigenvalue weighted by Crippen LogP contribution is -2.70. The molecule has 0 bridgehead atoms. The first-order valence-corrected chi connectivity index (χ1v) is 10.2. The van der Waals surface area contributed by atoms with Crippen molar-refractivity contribution in [3.63, 3.8) is 0 Å². The Bertz CT molecular complexity index is 990. The summed E-state index contributed by atoms with van der Waals surface area (Å²) in [7, 11) is 1.53. The maximum atomic E-state index is 13.3. The number of thioether (sulfide) groups is 1. The van der Waals surface area contributed by atoms with Crippen molar-refractivity contribution in [2.45, 2.75) is 17.7 Å². The van der Waals surface area contributed by atoms with Gasteiger partial charge in [-0.1, -0.05) is 0 Å². The van der Waals surface area contributed by atoms with Gasteiger partial charge in [0, 0.05) is 11.1 Å². The van der Waals surface area contributed by atoms with Crippen molar-refractivity contribution in [2.75, 3.05) is 12.9 Å². The first-order chi connectivity index (χ1) is 14.8. The standard InChI is InChI=1S/C20H20F2N4O4S/c1-30-12-5-2-10(3-6-12)15(27)9-31-20-25-17(23)16(19(29)26-20)24-18(28)11-4-7-13(21)14(22)8-11/h2-8,16-17,20,25H,9,23H2,1H3,(H,24,28)(H,26,29). The molecular formula is C20H20F2N4O4S. The van der Waals surface area contributed by atoms with Crippen molar-refractivity contribution >= 4 is 29.4 Å². The highest BCUT2D eigenvalue weighted by Crippen LogP contribution is 2.17. The van der Waals surface area contributed by atoms with E-state index in [-0.39, 0.29) is 17.1 Å². The van der Waals surface area contributed by atoms with Gasteiger partial charge in [-0.05, 0) is 42.5 Å². The van der Waals surface area contributed by atoms with Gasteiger partial charge in [0.1, 0.15) is 17.3 Å². The number of ether oxygens (including phenoxy) is 1. The van der Waals surface area contributed by atoms with Crippen molar-refractivity contribution in [1.82, 2.24) is 16.0 Å². The Hall–Kier alpha value is -3.02. The Balaban J connectivity index is 1.54. The smallest absolute Gasteiger partial charge is 0.252 e. The van der Waals surface area contributed by atoms with E-state index in [1.54, 1.807) is 24.3 Å². The molecule has 3 atom stereocenters. The Labute approximate surface area is 180 Å². The van der Waals surface area contributed by atoms with Gasteiger partial charge in [-0.15, -0.1) is 11.8 Å². The second kappa shape index (κ2) is 9.86. The van der Waals surface area contributed by atoms with E-state index in [2.05, 4.69) is 16.0 Å². The van der Waals surface area contributed by atoms with Gasteiger partial charge in [-0.3, -0.25) is 19.7 Å². The number of hydrogen-bond acceptors (Lipinski definition) is 7. The van der Waals surface area contributed by atoms with Crippen LogP contribution in [0.5, 0.6) is 5.75 Å². The number of carbonyl (C=O) groups excluding carboxylic acids is 3. The Kier molecular flexibility index (Phi) is 7.21. The molecule has 0 saturated carbocycles.